The third kappa shape index (κ3) is 4.07. The zero-order valence-corrected chi connectivity index (χ0v) is 13.5. The van der Waals surface area contributed by atoms with Crippen LogP contribution in [0.1, 0.15) is 30.8 Å². The average molecular weight is 290 g/mol. The first-order chi connectivity index (χ1) is 10.1. The van der Waals surface area contributed by atoms with E-state index < -0.39 is 0 Å². The highest BCUT2D eigenvalue weighted by Gasteiger charge is 2.07. The SMILES string of the molecule is CCN(CC)CCn1cc(NCc2c(C)n[nH]c2C)cn1. The number of rotatable bonds is 8. The van der Waals surface area contributed by atoms with Crippen LogP contribution in [0.3, 0.4) is 0 Å². The number of aromatic nitrogens is 4. The van der Waals surface area contributed by atoms with Crippen LogP contribution in [0, 0.1) is 13.8 Å². The number of hydrogen-bond acceptors (Lipinski definition) is 4. The number of nitrogens with zero attached hydrogens (tertiary/aromatic N) is 4. The van der Waals surface area contributed by atoms with Crippen LogP contribution in [-0.2, 0) is 13.1 Å². The summed E-state index contributed by atoms with van der Waals surface area (Å²) in [7, 11) is 0. The fourth-order valence-electron chi connectivity index (χ4n) is 2.39. The van der Waals surface area contributed by atoms with Crippen LogP contribution < -0.4 is 5.32 Å². The first-order valence-corrected chi connectivity index (χ1v) is 7.63. The van der Waals surface area contributed by atoms with Crippen LogP contribution in [-0.4, -0.2) is 44.5 Å². The van der Waals surface area contributed by atoms with Gasteiger partial charge in [0.2, 0.25) is 0 Å². The molecule has 2 aromatic rings. The highest BCUT2D eigenvalue weighted by molar-refractivity contribution is 5.40. The number of aromatic amines is 1. The van der Waals surface area contributed by atoms with Crippen LogP contribution in [0.4, 0.5) is 5.69 Å². The molecule has 0 atom stereocenters. The predicted octanol–water partition coefficient (Wildman–Crippen LogP) is 2.18. The molecule has 2 heterocycles. The van der Waals surface area contributed by atoms with E-state index in [2.05, 4.69) is 45.6 Å². The Morgan fingerprint density at radius 3 is 2.67 bits per heavy atom. The molecule has 0 fully saturated rings. The summed E-state index contributed by atoms with van der Waals surface area (Å²) >= 11 is 0. The molecule has 0 aliphatic heterocycles. The second-order valence-corrected chi connectivity index (χ2v) is 5.29. The zero-order chi connectivity index (χ0) is 15.2. The van der Waals surface area contributed by atoms with Crippen LogP contribution in [0.2, 0.25) is 0 Å². The van der Waals surface area contributed by atoms with E-state index >= 15 is 0 Å². The molecule has 6 heteroatoms. The number of nitrogens with one attached hydrogen (secondary N) is 2. The summed E-state index contributed by atoms with van der Waals surface area (Å²) in [4.78, 5) is 2.40. The molecule has 2 N–H and O–H groups in total. The van der Waals surface area contributed by atoms with Gasteiger partial charge in [0.25, 0.3) is 0 Å². The second-order valence-electron chi connectivity index (χ2n) is 5.29. The number of likely N-dealkylation sites (N-methyl/N-ethyl adjacent to an activating group) is 1. The van der Waals surface area contributed by atoms with Crippen molar-refractivity contribution < 1.29 is 0 Å². The minimum atomic E-state index is 0.774. The third-order valence-electron chi connectivity index (χ3n) is 3.92. The lowest BCUT2D eigenvalue weighted by molar-refractivity contribution is 0.285. The summed E-state index contributed by atoms with van der Waals surface area (Å²) in [6, 6.07) is 0. The summed E-state index contributed by atoms with van der Waals surface area (Å²) in [5, 5.41) is 15.0. The van der Waals surface area contributed by atoms with Gasteiger partial charge in [-0.1, -0.05) is 13.8 Å². The van der Waals surface area contributed by atoms with Gasteiger partial charge in [0.15, 0.2) is 0 Å². The van der Waals surface area contributed by atoms with Crippen molar-refractivity contribution in [3.8, 4) is 0 Å². The van der Waals surface area contributed by atoms with E-state index in [1.54, 1.807) is 0 Å². The first-order valence-electron chi connectivity index (χ1n) is 7.63. The molecule has 0 amide bonds. The third-order valence-corrected chi connectivity index (χ3v) is 3.92. The van der Waals surface area contributed by atoms with Crippen molar-refractivity contribution in [3.63, 3.8) is 0 Å². The number of anilines is 1. The second kappa shape index (κ2) is 7.26. The van der Waals surface area contributed by atoms with Crippen molar-refractivity contribution in [1.29, 1.82) is 0 Å². The Hall–Kier alpha value is -1.82. The van der Waals surface area contributed by atoms with Gasteiger partial charge in [-0.3, -0.25) is 9.78 Å². The van der Waals surface area contributed by atoms with Crippen molar-refractivity contribution in [2.45, 2.75) is 40.8 Å². The van der Waals surface area contributed by atoms with Crippen LogP contribution in [0.15, 0.2) is 12.4 Å². The molecular weight excluding hydrogens is 264 g/mol. The largest absolute Gasteiger partial charge is 0.378 e. The monoisotopic (exact) mass is 290 g/mol. The van der Waals surface area contributed by atoms with E-state index in [-0.39, 0.29) is 0 Å². The van der Waals surface area contributed by atoms with Gasteiger partial charge < -0.3 is 10.2 Å². The minimum absolute atomic E-state index is 0.774. The molecule has 2 rings (SSSR count). The molecule has 0 bridgehead atoms. The molecule has 0 saturated carbocycles. The number of hydrogen-bond donors (Lipinski definition) is 2. The van der Waals surface area contributed by atoms with Crippen molar-refractivity contribution in [1.82, 2.24) is 24.9 Å². The Balaban J connectivity index is 1.86. The summed E-state index contributed by atoms with van der Waals surface area (Å²) in [6.07, 6.45) is 3.95. The molecule has 0 radical (unpaired) electrons. The first kappa shape index (κ1) is 15.6. The Morgan fingerprint density at radius 1 is 1.29 bits per heavy atom. The zero-order valence-electron chi connectivity index (χ0n) is 13.5. The fourth-order valence-corrected chi connectivity index (χ4v) is 2.39. The molecule has 0 unspecified atom stereocenters. The lowest BCUT2D eigenvalue weighted by Gasteiger charge is -2.17. The van der Waals surface area contributed by atoms with Gasteiger partial charge in [-0.05, 0) is 26.9 Å². The molecule has 2 aromatic heterocycles. The molecule has 21 heavy (non-hydrogen) atoms. The molecule has 116 valence electrons. The van der Waals surface area contributed by atoms with Crippen molar-refractivity contribution in [2.24, 2.45) is 0 Å². The molecule has 6 nitrogen and oxygen atoms in total. The molecule has 0 saturated heterocycles. The Bertz CT molecular complexity index is 533. The number of aryl methyl sites for hydroxylation is 2. The predicted molar refractivity (Wildman–Crippen MR) is 85.4 cm³/mol. The highest BCUT2D eigenvalue weighted by atomic mass is 15.3. The van der Waals surface area contributed by atoms with Crippen LogP contribution in [0.5, 0.6) is 0 Å². The van der Waals surface area contributed by atoms with E-state index in [0.29, 0.717) is 0 Å². The topological polar surface area (TPSA) is 61.8 Å². The normalized spacial score (nSPS) is 11.3. The highest BCUT2D eigenvalue weighted by Crippen LogP contribution is 2.13. The Morgan fingerprint density at radius 2 is 2.05 bits per heavy atom. The maximum absolute atomic E-state index is 4.41. The van der Waals surface area contributed by atoms with Crippen molar-refractivity contribution in [2.75, 3.05) is 25.0 Å². The minimum Gasteiger partial charge on any atom is -0.378 e. The molecular formula is C15H26N6. The van der Waals surface area contributed by atoms with E-state index in [0.717, 1.165) is 49.8 Å². The van der Waals surface area contributed by atoms with E-state index in [1.807, 2.05) is 24.7 Å². The van der Waals surface area contributed by atoms with Gasteiger partial charge in [-0.15, -0.1) is 0 Å². The molecule has 0 aliphatic carbocycles. The van der Waals surface area contributed by atoms with E-state index in [1.165, 1.54) is 5.56 Å². The average Bonchev–Trinajstić information content (AvgIpc) is 3.06. The maximum Gasteiger partial charge on any atom is 0.0729 e. The summed E-state index contributed by atoms with van der Waals surface area (Å²) in [5.41, 5.74) is 4.45. The molecule has 0 spiro atoms. The summed E-state index contributed by atoms with van der Waals surface area (Å²) in [5.74, 6) is 0. The smallest absolute Gasteiger partial charge is 0.0729 e. The number of H-pyrrole nitrogens is 1. The van der Waals surface area contributed by atoms with E-state index in [9.17, 15) is 0 Å². The summed E-state index contributed by atoms with van der Waals surface area (Å²) < 4.78 is 2.00. The van der Waals surface area contributed by atoms with Crippen LogP contribution in [0.25, 0.3) is 0 Å². The van der Waals surface area contributed by atoms with Crippen molar-refractivity contribution in [3.05, 3.63) is 29.3 Å². The quantitative estimate of drug-likeness (QED) is 0.782. The van der Waals surface area contributed by atoms with Gasteiger partial charge in [0.05, 0.1) is 24.1 Å². The maximum atomic E-state index is 4.41. The van der Waals surface area contributed by atoms with Gasteiger partial charge in [0, 0.05) is 30.5 Å². The van der Waals surface area contributed by atoms with E-state index in [4.69, 9.17) is 0 Å². The van der Waals surface area contributed by atoms with Crippen molar-refractivity contribution >= 4 is 5.69 Å². The Kier molecular flexibility index (Phi) is 5.38. The standard InChI is InChI=1S/C15H26N6/c1-5-20(6-2)7-8-21-11-14(9-17-21)16-10-15-12(3)18-19-13(15)4/h9,11,16H,5-8,10H2,1-4H3,(H,18,19). The van der Waals surface area contributed by atoms with Gasteiger partial charge in [-0.25, -0.2) is 0 Å². The molecule has 0 aliphatic rings. The Labute approximate surface area is 126 Å². The van der Waals surface area contributed by atoms with Gasteiger partial charge in [0.1, 0.15) is 0 Å². The fraction of sp³-hybridized carbons (Fsp3) is 0.600. The van der Waals surface area contributed by atoms with Crippen LogP contribution >= 0.6 is 0 Å². The summed E-state index contributed by atoms with van der Waals surface area (Å²) in [6.45, 7) is 13.4. The lowest BCUT2D eigenvalue weighted by atomic mass is 10.2. The van der Waals surface area contributed by atoms with Gasteiger partial charge in [-0.2, -0.15) is 10.2 Å². The van der Waals surface area contributed by atoms with Gasteiger partial charge >= 0.3 is 0 Å². The molecule has 0 aromatic carbocycles. The lowest BCUT2D eigenvalue weighted by Crippen LogP contribution is -2.27.